The smallest absolute Gasteiger partial charge is 0.261 e. The predicted octanol–water partition coefficient (Wildman–Crippen LogP) is 3.95. The molecule has 0 aliphatic heterocycles. The number of benzene rings is 2. The molecule has 0 atom stereocenters. The van der Waals surface area contributed by atoms with Gasteiger partial charge in [0.05, 0.1) is 9.37 Å². The van der Waals surface area contributed by atoms with Crippen LogP contribution in [0.15, 0.2) is 51.8 Å². The Morgan fingerprint density at radius 3 is 2.35 bits per heavy atom. The van der Waals surface area contributed by atoms with Gasteiger partial charge in [0.25, 0.3) is 10.0 Å². The molecule has 0 heterocycles. The van der Waals surface area contributed by atoms with E-state index in [1.165, 1.54) is 12.1 Å². The van der Waals surface area contributed by atoms with Gasteiger partial charge in [-0.15, -0.1) is 0 Å². The normalized spacial score (nSPS) is 11.3. The van der Waals surface area contributed by atoms with Crippen LogP contribution in [0.4, 0.5) is 10.1 Å². The zero-order valence-electron chi connectivity index (χ0n) is 10.7. The predicted molar refractivity (Wildman–Crippen MR) is 80.7 cm³/mol. The van der Waals surface area contributed by atoms with Crippen LogP contribution in [-0.4, -0.2) is 8.42 Å². The van der Waals surface area contributed by atoms with Crippen LogP contribution in [0.25, 0.3) is 0 Å². The zero-order valence-corrected chi connectivity index (χ0v) is 13.1. The highest BCUT2D eigenvalue weighted by atomic mass is 79.9. The Morgan fingerprint density at radius 1 is 1.15 bits per heavy atom. The molecule has 2 aromatic rings. The summed E-state index contributed by atoms with van der Waals surface area (Å²) in [5.74, 6) is -0.616. The van der Waals surface area contributed by atoms with Crippen molar-refractivity contribution in [1.29, 1.82) is 0 Å². The Labute approximate surface area is 126 Å². The molecule has 6 heteroatoms. The molecule has 2 rings (SSSR count). The van der Waals surface area contributed by atoms with E-state index in [4.69, 9.17) is 0 Å². The van der Waals surface area contributed by atoms with Gasteiger partial charge < -0.3 is 0 Å². The van der Waals surface area contributed by atoms with Gasteiger partial charge in [0, 0.05) is 5.69 Å². The average Bonchev–Trinajstić information content (AvgIpc) is 2.42. The maximum atomic E-state index is 13.4. The summed E-state index contributed by atoms with van der Waals surface area (Å²) < 4.78 is 40.3. The van der Waals surface area contributed by atoms with Gasteiger partial charge in [-0.05, 0) is 58.2 Å². The Morgan fingerprint density at radius 2 is 1.80 bits per heavy atom. The molecule has 0 fully saturated rings. The Hall–Kier alpha value is -1.40. The minimum absolute atomic E-state index is 0.113. The van der Waals surface area contributed by atoms with Gasteiger partial charge in [-0.1, -0.05) is 19.1 Å². The molecule has 0 amide bonds. The van der Waals surface area contributed by atoms with Gasteiger partial charge in [-0.2, -0.15) is 0 Å². The van der Waals surface area contributed by atoms with E-state index in [0.29, 0.717) is 5.69 Å². The minimum Gasteiger partial charge on any atom is -0.280 e. The summed E-state index contributed by atoms with van der Waals surface area (Å²) in [5, 5.41) is 0. The van der Waals surface area contributed by atoms with Crippen molar-refractivity contribution in [3.05, 3.63) is 58.3 Å². The zero-order chi connectivity index (χ0) is 14.8. The van der Waals surface area contributed by atoms with Crippen molar-refractivity contribution in [2.45, 2.75) is 18.2 Å². The van der Waals surface area contributed by atoms with Crippen LogP contribution in [-0.2, 0) is 16.4 Å². The first kappa shape index (κ1) is 15.0. The molecule has 106 valence electrons. The topological polar surface area (TPSA) is 46.2 Å². The van der Waals surface area contributed by atoms with Crippen LogP contribution in [0, 0.1) is 5.82 Å². The lowest BCUT2D eigenvalue weighted by molar-refractivity contribution is 0.593. The fourth-order valence-electron chi connectivity index (χ4n) is 1.67. The summed E-state index contributed by atoms with van der Waals surface area (Å²) in [4.78, 5) is -0.113. The minimum atomic E-state index is -3.78. The second-order valence-electron chi connectivity index (χ2n) is 4.23. The van der Waals surface area contributed by atoms with Gasteiger partial charge in [0.2, 0.25) is 0 Å². The second kappa shape index (κ2) is 5.93. The van der Waals surface area contributed by atoms with Crippen LogP contribution in [0.5, 0.6) is 0 Å². The van der Waals surface area contributed by atoms with Crippen molar-refractivity contribution in [2.24, 2.45) is 0 Å². The van der Waals surface area contributed by atoms with E-state index in [-0.39, 0.29) is 9.37 Å². The van der Waals surface area contributed by atoms with Crippen LogP contribution in [0.1, 0.15) is 12.5 Å². The van der Waals surface area contributed by atoms with Crippen molar-refractivity contribution in [2.75, 3.05) is 4.72 Å². The van der Waals surface area contributed by atoms with E-state index < -0.39 is 15.8 Å². The molecule has 0 aromatic heterocycles. The molecule has 0 spiro atoms. The molecule has 0 radical (unpaired) electrons. The first-order chi connectivity index (χ1) is 9.42. The number of hydrogen-bond acceptors (Lipinski definition) is 2. The first-order valence-corrected chi connectivity index (χ1v) is 8.27. The van der Waals surface area contributed by atoms with Crippen molar-refractivity contribution < 1.29 is 12.8 Å². The number of aryl methyl sites for hydroxylation is 1. The highest BCUT2D eigenvalue weighted by Gasteiger charge is 2.15. The van der Waals surface area contributed by atoms with E-state index in [9.17, 15) is 12.8 Å². The number of rotatable bonds is 4. The Bertz CT molecular complexity index is 714. The van der Waals surface area contributed by atoms with E-state index in [2.05, 4.69) is 20.7 Å². The lowest BCUT2D eigenvalue weighted by Crippen LogP contribution is -2.13. The van der Waals surface area contributed by atoms with E-state index in [1.807, 2.05) is 19.1 Å². The third-order valence-corrected chi connectivity index (χ3v) is 4.84. The molecule has 0 bridgehead atoms. The van der Waals surface area contributed by atoms with Crippen LogP contribution in [0.3, 0.4) is 0 Å². The molecule has 3 nitrogen and oxygen atoms in total. The van der Waals surface area contributed by atoms with Crippen LogP contribution >= 0.6 is 15.9 Å². The standard InChI is InChI=1S/C14H13BrFNO2S/c1-2-10-3-5-11(6-4-10)17-20(18,19)12-7-8-13(15)14(16)9-12/h3-9,17H,2H2,1H3. The lowest BCUT2D eigenvalue weighted by Gasteiger charge is -2.09. The molecule has 0 saturated heterocycles. The van der Waals surface area contributed by atoms with Crippen molar-refractivity contribution in [1.82, 2.24) is 0 Å². The van der Waals surface area contributed by atoms with E-state index in [0.717, 1.165) is 18.1 Å². The van der Waals surface area contributed by atoms with Crippen molar-refractivity contribution in [3.63, 3.8) is 0 Å². The van der Waals surface area contributed by atoms with Gasteiger partial charge in [-0.3, -0.25) is 4.72 Å². The van der Waals surface area contributed by atoms with Gasteiger partial charge in [-0.25, -0.2) is 12.8 Å². The summed E-state index contributed by atoms with van der Waals surface area (Å²) >= 11 is 2.99. The molecule has 0 aliphatic carbocycles. The monoisotopic (exact) mass is 357 g/mol. The summed E-state index contributed by atoms with van der Waals surface area (Å²) in [5.41, 5.74) is 1.56. The fraction of sp³-hybridized carbons (Fsp3) is 0.143. The Kier molecular flexibility index (Phi) is 4.45. The number of hydrogen-bond donors (Lipinski definition) is 1. The largest absolute Gasteiger partial charge is 0.280 e. The maximum absolute atomic E-state index is 13.4. The first-order valence-electron chi connectivity index (χ1n) is 5.99. The quantitative estimate of drug-likeness (QED) is 0.900. The third kappa shape index (κ3) is 3.37. The van der Waals surface area contributed by atoms with Crippen LogP contribution < -0.4 is 4.72 Å². The molecule has 1 N–H and O–H groups in total. The summed E-state index contributed by atoms with van der Waals surface area (Å²) in [7, 11) is -3.78. The number of sulfonamides is 1. The summed E-state index contributed by atoms with van der Waals surface area (Å²) in [6.45, 7) is 2.02. The molecule has 0 aliphatic rings. The van der Waals surface area contributed by atoms with Crippen molar-refractivity contribution >= 4 is 31.6 Å². The molecular formula is C14H13BrFNO2S. The average molecular weight is 358 g/mol. The second-order valence-corrected chi connectivity index (χ2v) is 6.77. The highest BCUT2D eigenvalue weighted by Crippen LogP contribution is 2.21. The molecule has 20 heavy (non-hydrogen) atoms. The molecular weight excluding hydrogens is 345 g/mol. The molecule has 0 saturated carbocycles. The van der Waals surface area contributed by atoms with Crippen LogP contribution in [0.2, 0.25) is 0 Å². The Balaban J connectivity index is 2.27. The summed E-state index contributed by atoms with van der Waals surface area (Å²) in [6.07, 6.45) is 0.880. The highest BCUT2D eigenvalue weighted by molar-refractivity contribution is 9.10. The third-order valence-electron chi connectivity index (χ3n) is 2.82. The van der Waals surface area contributed by atoms with Crippen molar-refractivity contribution in [3.8, 4) is 0 Å². The number of anilines is 1. The van der Waals surface area contributed by atoms with Gasteiger partial charge >= 0.3 is 0 Å². The van der Waals surface area contributed by atoms with Gasteiger partial charge in [0.1, 0.15) is 5.82 Å². The van der Waals surface area contributed by atoms with Gasteiger partial charge in [0.15, 0.2) is 0 Å². The van der Waals surface area contributed by atoms with E-state index in [1.54, 1.807) is 12.1 Å². The SMILES string of the molecule is CCc1ccc(NS(=O)(=O)c2ccc(Br)c(F)c2)cc1. The van der Waals surface area contributed by atoms with E-state index >= 15 is 0 Å². The molecule has 0 unspecified atom stereocenters. The molecule has 2 aromatic carbocycles. The number of nitrogens with one attached hydrogen (secondary N) is 1. The number of halogens is 2. The fourth-order valence-corrected chi connectivity index (χ4v) is 2.98. The lowest BCUT2D eigenvalue weighted by atomic mass is 10.2. The summed E-state index contributed by atoms with van der Waals surface area (Å²) in [6, 6.07) is 10.8. The maximum Gasteiger partial charge on any atom is 0.261 e.